The summed E-state index contributed by atoms with van der Waals surface area (Å²) in [6.07, 6.45) is 1.73. The van der Waals surface area contributed by atoms with Gasteiger partial charge < -0.3 is 10.4 Å². The fourth-order valence-electron chi connectivity index (χ4n) is 1.37. The fourth-order valence-corrected chi connectivity index (χ4v) is 2.09. The standard InChI is InChI=1S/C12H9BrCl2N2O/c13-7-1-2-8(16-5-7)6-17-9-3-10(14)12(18)11(15)4-9/h1-5,17-18H,6H2. The van der Waals surface area contributed by atoms with Crippen molar-refractivity contribution >= 4 is 44.8 Å². The minimum atomic E-state index is -0.106. The molecule has 2 rings (SSSR count). The van der Waals surface area contributed by atoms with E-state index in [1.165, 1.54) is 0 Å². The van der Waals surface area contributed by atoms with Gasteiger partial charge >= 0.3 is 0 Å². The Bertz CT molecular complexity index is 537. The van der Waals surface area contributed by atoms with Crippen molar-refractivity contribution in [3.63, 3.8) is 0 Å². The molecule has 0 atom stereocenters. The first-order valence-electron chi connectivity index (χ1n) is 5.08. The van der Waals surface area contributed by atoms with Crippen molar-refractivity contribution in [1.29, 1.82) is 0 Å². The molecule has 94 valence electrons. The van der Waals surface area contributed by atoms with E-state index in [0.29, 0.717) is 6.54 Å². The largest absolute Gasteiger partial charge is 0.505 e. The molecule has 0 saturated heterocycles. The number of nitrogens with zero attached hydrogens (tertiary/aromatic N) is 1. The van der Waals surface area contributed by atoms with Gasteiger partial charge in [0, 0.05) is 16.4 Å². The van der Waals surface area contributed by atoms with Crippen LogP contribution in [-0.4, -0.2) is 10.1 Å². The Labute approximate surface area is 123 Å². The van der Waals surface area contributed by atoms with E-state index in [2.05, 4.69) is 26.2 Å². The first-order chi connectivity index (χ1) is 8.56. The lowest BCUT2D eigenvalue weighted by Gasteiger charge is -2.08. The molecule has 0 fully saturated rings. The highest BCUT2D eigenvalue weighted by Gasteiger charge is 2.06. The second kappa shape index (κ2) is 5.78. The zero-order valence-electron chi connectivity index (χ0n) is 9.12. The van der Waals surface area contributed by atoms with E-state index in [-0.39, 0.29) is 15.8 Å². The lowest BCUT2D eigenvalue weighted by atomic mass is 10.3. The summed E-state index contributed by atoms with van der Waals surface area (Å²) in [7, 11) is 0. The van der Waals surface area contributed by atoms with Crippen LogP contribution in [0.4, 0.5) is 5.69 Å². The fraction of sp³-hybridized carbons (Fsp3) is 0.0833. The van der Waals surface area contributed by atoms with Crippen LogP contribution < -0.4 is 5.32 Å². The van der Waals surface area contributed by atoms with E-state index in [0.717, 1.165) is 15.9 Å². The van der Waals surface area contributed by atoms with Gasteiger partial charge in [-0.05, 0) is 40.2 Å². The Morgan fingerprint density at radius 3 is 2.44 bits per heavy atom. The average Bonchev–Trinajstić information content (AvgIpc) is 2.35. The molecule has 18 heavy (non-hydrogen) atoms. The van der Waals surface area contributed by atoms with Gasteiger partial charge in [0.1, 0.15) is 0 Å². The van der Waals surface area contributed by atoms with Gasteiger partial charge in [-0.1, -0.05) is 23.2 Å². The van der Waals surface area contributed by atoms with E-state index >= 15 is 0 Å². The van der Waals surface area contributed by atoms with Crippen molar-refractivity contribution in [3.8, 4) is 5.75 Å². The minimum absolute atomic E-state index is 0.106. The highest BCUT2D eigenvalue weighted by atomic mass is 79.9. The van der Waals surface area contributed by atoms with Crippen LogP contribution in [0.25, 0.3) is 0 Å². The van der Waals surface area contributed by atoms with E-state index in [4.69, 9.17) is 23.2 Å². The zero-order valence-corrected chi connectivity index (χ0v) is 12.2. The summed E-state index contributed by atoms with van der Waals surface area (Å²) in [5.74, 6) is -0.106. The molecular weight excluding hydrogens is 339 g/mol. The first kappa shape index (κ1) is 13.5. The first-order valence-corrected chi connectivity index (χ1v) is 6.63. The number of halogens is 3. The molecule has 0 amide bonds. The molecule has 0 spiro atoms. The predicted molar refractivity (Wildman–Crippen MR) is 77.4 cm³/mol. The van der Waals surface area contributed by atoms with Gasteiger partial charge in [-0.2, -0.15) is 0 Å². The molecule has 0 bridgehead atoms. The molecule has 0 aliphatic carbocycles. The van der Waals surface area contributed by atoms with Gasteiger partial charge in [-0.3, -0.25) is 4.98 Å². The monoisotopic (exact) mass is 346 g/mol. The molecule has 1 heterocycles. The zero-order chi connectivity index (χ0) is 13.1. The summed E-state index contributed by atoms with van der Waals surface area (Å²) in [6.45, 7) is 0.546. The molecule has 1 aromatic heterocycles. The van der Waals surface area contributed by atoms with Crippen LogP contribution in [0.3, 0.4) is 0 Å². The maximum Gasteiger partial charge on any atom is 0.152 e. The Morgan fingerprint density at radius 2 is 1.89 bits per heavy atom. The number of rotatable bonds is 3. The SMILES string of the molecule is Oc1c(Cl)cc(NCc2ccc(Br)cn2)cc1Cl. The number of pyridine rings is 1. The van der Waals surface area contributed by atoms with Crippen LogP contribution in [0.15, 0.2) is 34.9 Å². The van der Waals surface area contributed by atoms with Crippen LogP contribution in [0.5, 0.6) is 5.75 Å². The molecule has 1 aromatic carbocycles. The van der Waals surface area contributed by atoms with Crippen molar-refractivity contribution in [3.05, 3.63) is 50.7 Å². The number of phenolic OH excluding ortho intramolecular Hbond substituents is 1. The van der Waals surface area contributed by atoms with E-state index in [1.54, 1.807) is 18.3 Å². The van der Waals surface area contributed by atoms with Gasteiger partial charge in [0.25, 0.3) is 0 Å². The van der Waals surface area contributed by atoms with Crippen molar-refractivity contribution < 1.29 is 5.11 Å². The lowest BCUT2D eigenvalue weighted by Crippen LogP contribution is -2.01. The number of hydrogen-bond donors (Lipinski definition) is 2. The smallest absolute Gasteiger partial charge is 0.152 e. The van der Waals surface area contributed by atoms with Crippen LogP contribution in [-0.2, 0) is 6.54 Å². The number of aromatic nitrogens is 1. The van der Waals surface area contributed by atoms with Crippen molar-refractivity contribution in [1.82, 2.24) is 4.98 Å². The third-order valence-corrected chi connectivity index (χ3v) is 3.32. The van der Waals surface area contributed by atoms with Crippen molar-refractivity contribution in [2.75, 3.05) is 5.32 Å². The maximum absolute atomic E-state index is 9.44. The molecule has 0 aliphatic heterocycles. The highest BCUT2D eigenvalue weighted by Crippen LogP contribution is 2.34. The summed E-state index contributed by atoms with van der Waals surface area (Å²) in [5, 5.41) is 13.0. The molecule has 0 saturated carbocycles. The predicted octanol–water partition coefficient (Wildman–Crippen LogP) is 4.47. The summed E-state index contributed by atoms with van der Waals surface area (Å²) in [6, 6.07) is 7.05. The Morgan fingerprint density at radius 1 is 1.22 bits per heavy atom. The molecule has 2 N–H and O–H groups in total. The summed E-state index contributed by atoms with van der Waals surface area (Å²) >= 11 is 15.0. The summed E-state index contributed by atoms with van der Waals surface area (Å²) in [5.41, 5.74) is 1.62. The van der Waals surface area contributed by atoms with Gasteiger partial charge in [0.05, 0.1) is 22.3 Å². The molecule has 0 unspecified atom stereocenters. The van der Waals surface area contributed by atoms with Gasteiger partial charge in [-0.25, -0.2) is 0 Å². The molecular formula is C12H9BrCl2N2O. The summed E-state index contributed by atoms with van der Waals surface area (Å²) in [4.78, 5) is 4.23. The normalized spacial score (nSPS) is 10.4. The molecule has 3 nitrogen and oxygen atoms in total. The second-order valence-corrected chi connectivity index (χ2v) is 5.34. The Kier molecular flexibility index (Phi) is 4.32. The quantitative estimate of drug-likeness (QED) is 0.805. The molecule has 2 aromatic rings. The number of hydrogen-bond acceptors (Lipinski definition) is 3. The molecule has 0 aliphatic rings. The molecule has 0 radical (unpaired) electrons. The average molecular weight is 348 g/mol. The topological polar surface area (TPSA) is 45.1 Å². The summed E-state index contributed by atoms with van der Waals surface area (Å²) < 4.78 is 0.932. The minimum Gasteiger partial charge on any atom is -0.505 e. The van der Waals surface area contributed by atoms with Gasteiger partial charge in [-0.15, -0.1) is 0 Å². The highest BCUT2D eigenvalue weighted by molar-refractivity contribution is 9.10. The third-order valence-electron chi connectivity index (χ3n) is 2.28. The number of aromatic hydroxyl groups is 1. The van der Waals surface area contributed by atoms with Crippen LogP contribution >= 0.6 is 39.1 Å². The molecule has 6 heteroatoms. The number of benzene rings is 1. The van der Waals surface area contributed by atoms with Crippen LogP contribution in [0.2, 0.25) is 10.0 Å². The Hall–Kier alpha value is -0.970. The van der Waals surface area contributed by atoms with Gasteiger partial charge in [0.15, 0.2) is 5.75 Å². The van der Waals surface area contributed by atoms with E-state index in [9.17, 15) is 5.11 Å². The number of phenols is 1. The lowest BCUT2D eigenvalue weighted by molar-refractivity contribution is 0.476. The van der Waals surface area contributed by atoms with Crippen molar-refractivity contribution in [2.45, 2.75) is 6.54 Å². The number of nitrogens with one attached hydrogen (secondary N) is 1. The second-order valence-electron chi connectivity index (χ2n) is 3.61. The third kappa shape index (κ3) is 3.28. The van der Waals surface area contributed by atoms with Crippen LogP contribution in [0.1, 0.15) is 5.69 Å². The van der Waals surface area contributed by atoms with E-state index in [1.807, 2.05) is 12.1 Å². The Balaban J connectivity index is 2.08. The van der Waals surface area contributed by atoms with Crippen molar-refractivity contribution in [2.24, 2.45) is 0 Å². The number of anilines is 1. The van der Waals surface area contributed by atoms with Crippen LogP contribution in [0, 0.1) is 0 Å². The maximum atomic E-state index is 9.44. The van der Waals surface area contributed by atoms with E-state index < -0.39 is 0 Å². The van der Waals surface area contributed by atoms with Gasteiger partial charge in [0.2, 0.25) is 0 Å².